The van der Waals surface area contributed by atoms with Gasteiger partial charge in [-0.1, -0.05) is 6.07 Å². The molecular weight excluding hydrogens is 228 g/mol. The predicted octanol–water partition coefficient (Wildman–Crippen LogP) is 1.53. The van der Waals surface area contributed by atoms with Crippen LogP contribution in [0.1, 0.15) is 31.1 Å². The zero-order valence-electron chi connectivity index (χ0n) is 11.3. The number of aryl methyl sites for hydroxylation is 1. The molecule has 2 rings (SSSR count). The van der Waals surface area contributed by atoms with Crippen LogP contribution in [0.3, 0.4) is 0 Å². The normalized spacial score (nSPS) is 23.3. The van der Waals surface area contributed by atoms with Crippen LogP contribution in [0, 0.1) is 6.92 Å². The van der Waals surface area contributed by atoms with Crippen molar-refractivity contribution in [1.82, 2.24) is 9.88 Å². The SMILES string of the molecule is Cc1cncc(C(O)C2CN(C(C)C)CCO2)c1. The average molecular weight is 250 g/mol. The Bertz CT molecular complexity index is 395. The van der Waals surface area contributed by atoms with E-state index in [1.165, 1.54) is 0 Å². The number of hydrogen-bond donors (Lipinski definition) is 1. The van der Waals surface area contributed by atoms with Crippen LogP contribution in [0.4, 0.5) is 0 Å². The molecule has 2 atom stereocenters. The van der Waals surface area contributed by atoms with Gasteiger partial charge in [0, 0.05) is 37.1 Å². The molecule has 1 aliphatic rings. The van der Waals surface area contributed by atoms with E-state index in [2.05, 4.69) is 23.7 Å². The first-order chi connectivity index (χ1) is 8.58. The number of hydrogen-bond acceptors (Lipinski definition) is 4. The van der Waals surface area contributed by atoms with E-state index < -0.39 is 6.10 Å². The summed E-state index contributed by atoms with van der Waals surface area (Å²) in [5.41, 5.74) is 1.90. The first-order valence-corrected chi connectivity index (χ1v) is 6.53. The summed E-state index contributed by atoms with van der Waals surface area (Å²) in [6.07, 6.45) is 2.75. The van der Waals surface area contributed by atoms with Gasteiger partial charge in [0.15, 0.2) is 0 Å². The monoisotopic (exact) mass is 250 g/mol. The maximum absolute atomic E-state index is 10.4. The average Bonchev–Trinajstić information content (AvgIpc) is 2.38. The van der Waals surface area contributed by atoms with Gasteiger partial charge in [-0.2, -0.15) is 0 Å². The number of rotatable bonds is 3. The second kappa shape index (κ2) is 5.78. The van der Waals surface area contributed by atoms with Gasteiger partial charge in [0.25, 0.3) is 0 Å². The lowest BCUT2D eigenvalue weighted by molar-refractivity contribution is -0.0962. The Hall–Kier alpha value is -0.970. The van der Waals surface area contributed by atoms with Crippen molar-refractivity contribution in [2.45, 2.75) is 39.0 Å². The van der Waals surface area contributed by atoms with Crippen molar-refractivity contribution < 1.29 is 9.84 Å². The number of aliphatic hydroxyl groups is 1. The summed E-state index contributed by atoms with van der Waals surface area (Å²) in [5.74, 6) is 0. The largest absolute Gasteiger partial charge is 0.386 e. The van der Waals surface area contributed by atoms with E-state index in [1.54, 1.807) is 12.4 Å². The minimum Gasteiger partial charge on any atom is -0.386 e. The fraction of sp³-hybridized carbons (Fsp3) is 0.643. The van der Waals surface area contributed by atoms with Crippen molar-refractivity contribution in [1.29, 1.82) is 0 Å². The van der Waals surface area contributed by atoms with Gasteiger partial charge >= 0.3 is 0 Å². The Morgan fingerprint density at radius 3 is 2.89 bits per heavy atom. The summed E-state index contributed by atoms with van der Waals surface area (Å²) >= 11 is 0. The van der Waals surface area contributed by atoms with Crippen LogP contribution >= 0.6 is 0 Å². The summed E-state index contributed by atoms with van der Waals surface area (Å²) in [5, 5.41) is 10.4. The molecule has 1 fully saturated rings. The minimum atomic E-state index is -0.598. The van der Waals surface area contributed by atoms with Gasteiger partial charge in [0.05, 0.1) is 6.61 Å². The van der Waals surface area contributed by atoms with Crippen molar-refractivity contribution in [2.75, 3.05) is 19.7 Å². The molecule has 18 heavy (non-hydrogen) atoms. The molecule has 0 radical (unpaired) electrons. The fourth-order valence-corrected chi connectivity index (χ4v) is 2.31. The summed E-state index contributed by atoms with van der Waals surface area (Å²) in [4.78, 5) is 6.46. The van der Waals surface area contributed by atoms with Crippen LogP contribution in [0.25, 0.3) is 0 Å². The maximum atomic E-state index is 10.4. The molecule has 0 aromatic carbocycles. The van der Waals surface area contributed by atoms with E-state index in [1.807, 2.05) is 13.0 Å². The molecule has 1 N–H and O–H groups in total. The van der Waals surface area contributed by atoms with Crippen LogP contribution in [0.2, 0.25) is 0 Å². The summed E-state index contributed by atoms with van der Waals surface area (Å²) in [6, 6.07) is 2.45. The van der Waals surface area contributed by atoms with Gasteiger partial charge in [-0.3, -0.25) is 9.88 Å². The fourth-order valence-electron chi connectivity index (χ4n) is 2.31. The second-order valence-corrected chi connectivity index (χ2v) is 5.24. The Morgan fingerprint density at radius 2 is 2.22 bits per heavy atom. The third-order valence-corrected chi connectivity index (χ3v) is 3.44. The summed E-state index contributed by atoms with van der Waals surface area (Å²) < 4.78 is 5.69. The third kappa shape index (κ3) is 3.07. The lowest BCUT2D eigenvalue weighted by Gasteiger charge is -2.37. The molecule has 1 aliphatic heterocycles. The standard InChI is InChI=1S/C14H22N2O2/c1-10(2)16-4-5-18-13(9-16)14(17)12-6-11(3)7-15-8-12/h6-8,10,13-14,17H,4-5,9H2,1-3H3. The molecule has 0 saturated carbocycles. The Morgan fingerprint density at radius 1 is 1.44 bits per heavy atom. The first kappa shape index (κ1) is 13.5. The Balaban J connectivity index is 2.06. The van der Waals surface area contributed by atoms with E-state index in [9.17, 15) is 5.11 Å². The topological polar surface area (TPSA) is 45.6 Å². The summed E-state index contributed by atoms with van der Waals surface area (Å²) in [7, 11) is 0. The van der Waals surface area contributed by atoms with Crippen molar-refractivity contribution in [3.63, 3.8) is 0 Å². The van der Waals surface area contributed by atoms with Gasteiger partial charge < -0.3 is 9.84 Å². The number of aliphatic hydroxyl groups excluding tert-OH is 1. The van der Waals surface area contributed by atoms with Crippen LogP contribution in [-0.2, 0) is 4.74 Å². The lowest BCUT2D eigenvalue weighted by Crippen LogP contribution is -2.47. The predicted molar refractivity (Wildman–Crippen MR) is 70.4 cm³/mol. The molecular formula is C14H22N2O2. The molecule has 2 unspecified atom stereocenters. The smallest absolute Gasteiger partial charge is 0.108 e. The zero-order chi connectivity index (χ0) is 13.1. The highest BCUT2D eigenvalue weighted by molar-refractivity contribution is 5.20. The van der Waals surface area contributed by atoms with Gasteiger partial charge in [-0.05, 0) is 26.3 Å². The number of aromatic nitrogens is 1. The Labute approximate surface area is 109 Å². The van der Waals surface area contributed by atoms with Crippen LogP contribution in [0.5, 0.6) is 0 Å². The van der Waals surface area contributed by atoms with E-state index in [4.69, 9.17) is 4.74 Å². The highest BCUT2D eigenvalue weighted by Gasteiger charge is 2.29. The molecule has 4 heteroatoms. The highest BCUT2D eigenvalue weighted by Crippen LogP contribution is 2.23. The lowest BCUT2D eigenvalue weighted by atomic mass is 10.0. The minimum absolute atomic E-state index is 0.162. The second-order valence-electron chi connectivity index (χ2n) is 5.24. The first-order valence-electron chi connectivity index (χ1n) is 6.53. The van der Waals surface area contributed by atoms with E-state index in [0.29, 0.717) is 12.6 Å². The third-order valence-electron chi connectivity index (χ3n) is 3.44. The molecule has 0 bridgehead atoms. The number of ether oxygens (including phenoxy) is 1. The summed E-state index contributed by atoms with van der Waals surface area (Å²) in [6.45, 7) is 8.70. The molecule has 100 valence electrons. The Kier molecular flexibility index (Phi) is 4.32. The number of pyridine rings is 1. The van der Waals surface area contributed by atoms with Gasteiger partial charge in [0.1, 0.15) is 12.2 Å². The molecule has 0 spiro atoms. The van der Waals surface area contributed by atoms with E-state index >= 15 is 0 Å². The van der Waals surface area contributed by atoms with Crippen LogP contribution in [0.15, 0.2) is 18.5 Å². The van der Waals surface area contributed by atoms with E-state index in [0.717, 1.165) is 24.2 Å². The van der Waals surface area contributed by atoms with Crippen LogP contribution in [-0.4, -0.2) is 46.8 Å². The van der Waals surface area contributed by atoms with Crippen molar-refractivity contribution in [3.8, 4) is 0 Å². The highest BCUT2D eigenvalue weighted by atomic mass is 16.5. The number of nitrogens with zero attached hydrogens (tertiary/aromatic N) is 2. The molecule has 2 heterocycles. The molecule has 1 aromatic heterocycles. The van der Waals surface area contributed by atoms with Gasteiger partial charge in [-0.25, -0.2) is 0 Å². The van der Waals surface area contributed by atoms with Gasteiger partial charge in [-0.15, -0.1) is 0 Å². The van der Waals surface area contributed by atoms with Crippen molar-refractivity contribution >= 4 is 0 Å². The molecule has 0 aliphatic carbocycles. The van der Waals surface area contributed by atoms with Crippen molar-refractivity contribution in [2.24, 2.45) is 0 Å². The molecule has 0 amide bonds. The van der Waals surface area contributed by atoms with Gasteiger partial charge in [0.2, 0.25) is 0 Å². The van der Waals surface area contributed by atoms with E-state index in [-0.39, 0.29) is 6.10 Å². The quantitative estimate of drug-likeness (QED) is 0.883. The van der Waals surface area contributed by atoms with Crippen molar-refractivity contribution in [3.05, 3.63) is 29.6 Å². The maximum Gasteiger partial charge on any atom is 0.108 e. The van der Waals surface area contributed by atoms with Crippen LogP contribution < -0.4 is 0 Å². The number of morpholine rings is 1. The molecule has 1 saturated heterocycles. The molecule has 1 aromatic rings. The zero-order valence-corrected chi connectivity index (χ0v) is 11.3. The molecule has 4 nitrogen and oxygen atoms in total.